The highest BCUT2D eigenvalue weighted by Gasteiger charge is 2.29. The van der Waals surface area contributed by atoms with Gasteiger partial charge < -0.3 is 5.11 Å². The maximum absolute atomic E-state index is 9.43. The monoisotopic (exact) mass is 240 g/mol. The van der Waals surface area contributed by atoms with Crippen molar-refractivity contribution in [2.45, 2.75) is 40.5 Å². The summed E-state index contributed by atoms with van der Waals surface area (Å²) >= 11 is 5.96. The summed E-state index contributed by atoms with van der Waals surface area (Å²) < 4.78 is 0. The molecule has 0 fully saturated rings. The molecule has 0 bridgehead atoms. The zero-order valence-electron chi connectivity index (χ0n) is 10.7. The van der Waals surface area contributed by atoms with Gasteiger partial charge in [0, 0.05) is 0 Å². The number of aromatic hydroxyl groups is 1. The summed E-state index contributed by atoms with van der Waals surface area (Å²) in [5.41, 5.74) is 1.39. The van der Waals surface area contributed by atoms with Crippen LogP contribution < -0.4 is 0 Å². The van der Waals surface area contributed by atoms with Gasteiger partial charge in [-0.15, -0.1) is 0 Å². The molecule has 16 heavy (non-hydrogen) atoms. The highest BCUT2D eigenvalue weighted by molar-refractivity contribution is 6.32. The second-order valence-corrected chi connectivity index (χ2v) is 6.21. The van der Waals surface area contributed by atoms with Gasteiger partial charge in [-0.3, -0.25) is 0 Å². The molecule has 90 valence electrons. The van der Waals surface area contributed by atoms with Crippen LogP contribution in [-0.2, 0) is 0 Å². The van der Waals surface area contributed by atoms with Gasteiger partial charge >= 0.3 is 0 Å². The molecule has 0 amide bonds. The van der Waals surface area contributed by atoms with Crippen LogP contribution in [0.1, 0.15) is 46.1 Å². The SMILES string of the molecule is CC(C)C(c1ccc(O)c(Cl)c1)C(C)(C)C. The molecule has 1 atom stereocenters. The van der Waals surface area contributed by atoms with Crippen LogP contribution in [0.2, 0.25) is 5.02 Å². The molecule has 0 aromatic heterocycles. The maximum atomic E-state index is 9.43. The van der Waals surface area contributed by atoms with E-state index in [9.17, 15) is 5.11 Å². The predicted molar refractivity (Wildman–Crippen MR) is 70.2 cm³/mol. The molecule has 1 rings (SSSR count). The quantitative estimate of drug-likeness (QED) is 0.785. The van der Waals surface area contributed by atoms with Gasteiger partial charge in [-0.25, -0.2) is 0 Å². The molecule has 0 aliphatic rings. The normalized spacial score (nSPS) is 14.2. The fraction of sp³-hybridized carbons (Fsp3) is 0.571. The van der Waals surface area contributed by atoms with Crippen LogP contribution in [0.25, 0.3) is 0 Å². The van der Waals surface area contributed by atoms with Crippen LogP contribution in [0.15, 0.2) is 18.2 Å². The fourth-order valence-electron chi connectivity index (χ4n) is 2.60. The van der Waals surface area contributed by atoms with Crippen LogP contribution in [0.4, 0.5) is 0 Å². The Morgan fingerprint density at radius 3 is 2.12 bits per heavy atom. The van der Waals surface area contributed by atoms with E-state index in [-0.39, 0.29) is 11.2 Å². The number of hydrogen-bond donors (Lipinski definition) is 1. The Bertz CT molecular complexity index is 363. The van der Waals surface area contributed by atoms with Crippen LogP contribution >= 0.6 is 11.6 Å². The van der Waals surface area contributed by atoms with Gasteiger partial charge in [0.05, 0.1) is 5.02 Å². The van der Waals surface area contributed by atoms with E-state index in [0.717, 1.165) is 0 Å². The molecule has 0 saturated carbocycles. The lowest BCUT2D eigenvalue weighted by molar-refractivity contribution is 0.258. The smallest absolute Gasteiger partial charge is 0.134 e. The topological polar surface area (TPSA) is 20.2 Å². The number of phenolic OH excluding ortho intramolecular Hbond substituents is 1. The van der Waals surface area contributed by atoms with Gasteiger partial charge in [-0.05, 0) is 34.9 Å². The van der Waals surface area contributed by atoms with E-state index in [1.165, 1.54) is 5.56 Å². The fourth-order valence-corrected chi connectivity index (χ4v) is 2.79. The molecule has 1 N–H and O–H groups in total. The van der Waals surface area contributed by atoms with Crippen molar-refractivity contribution in [3.05, 3.63) is 28.8 Å². The summed E-state index contributed by atoms with van der Waals surface area (Å²) in [7, 11) is 0. The molecule has 0 radical (unpaired) electrons. The van der Waals surface area contributed by atoms with Crippen molar-refractivity contribution in [1.82, 2.24) is 0 Å². The zero-order chi connectivity index (χ0) is 12.5. The first-order valence-corrected chi connectivity index (χ1v) is 6.09. The van der Waals surface area contributed by atoms with E-state index in [2.05, 4.69) is 34.6 Å². The summed E-state index contributed by atoms with van der Waals surface area (Å²) in [6.45, 7) is 11.1. The first-order valence-electron chi connectivity index (χ1n) is 5.72. The van der Waals surface area contributed by atoms with Crippen LogP contribution in [0.3, 0.4) is 0 Å². The first kappa shape index (κ1) is 13.4. The lowest BCUT2D eigenvalue weighted by atomic mass is 9.70. The van der Waals surface area contributed by atoms with E-state index in [4.69, 9.17) is 11.6 Å². The minimum absolute atomic E-state index is 0.154. The van der Waals surface area contributed by atoms with Gasteiger partial charge in [0.2, 0.25) is 0 Å². The Kier molecular flexibility index (Phi) is 3.90. The lowest BCUT2D eigenvalue weighted by Crippen LogP contribution is -2.23. The van der Waals surface area contributed by atoms with Crippen molar-refractivity contribution in [2.75, 3.05) is 0 Å². The Labute approximate surface area is 103 Å². The van der Waals surface area contributed by atoms with Gasteiger partial charge in [0.25, 0.3) is 0 Å². The van der Waals surface area contributed by atoms with E-state index >= 15 is 0 Å². The lowest BCUT2D eigenvalue weighted by Gasteiger charge is -2.34. The molecule has 0 aliphatic heterocycles. The predicted octanol–water partition coefficient (Wildman–Crippen LogP) is 4.83. The number of rotatable bonds is 2. The molecule has 2 heteroatoms. The Morgan fingerprint density at radius 1 is 1.19 bits per heavy atom. The summed E-state index contributed by atoms with van der Waals surface area (Å²) in [5.74, 6) is 1.13. The molecule has 1 aromatic carbocycles. The third kappa shape index (κ3) is 2.91. The standard InChI is InChI=1S/C14H21ClO/c1-9(2)13(14(3,4)5)10-6-7-12(16)11(15)8-10/h6-9,13,16H,1-5H3. The first-order chi connectivity index (χ1) is 7.23. The van der Waals surface area contributed by atoms with Gasteiger partial charge in [0.1, 0.15) is 5.75 Å². The molecule has 1 aromatic rings. The minimum Gasteiger partial charge on any atom is -0.506 e. The maximum Gasteiger partial charge on any atom is 0.134 e. The largest absolute Gasteiger partial charge is 0.506 e. The van der Waals surface area contributed by atoms with Crippen molar-refractivity contribution >= 4 is 11.6 Å². The van der Waals surface area contributed by atoms with E-state index in [0.29, 0.717) is 16.9 Å². The van der Waals surface area contributed by atoms with Crippen LogP contribution in [0.5, 0.6) is 5.75 Å². The van der Waals surface area contributed by atoms with Crippen molar-refractivity contribution in [2.24, 2.45) is 11.3 Å². The number of halogens is 1. The van der Waals surface area contributed by atoms with E-state index < -0.39 is 0 Å². The number of hydrogen-bond acceptors (Lipinski definition) is 1. The molecular formula is C14H21ClO. The number of phenols is 1. The molecule has 0 saturated heterocycles. The molecular weight excluding hydrogens is 220 g/mol. The van der Waals surface area contributed by atoms with Gasteiger partial charge in [0.15, 0.2) is 0 Å². The van der Waals surface area contributed by atoms with Crippen LogP contribution in [-0.4, -0.2) is 5.11 Å². The Hall–Kier alpha value is -0.690. The average molecular weight is 241 g/mol. The molecule has 0 spiro atoms. The molecule has 0 heterocycles. The third-order valence-corrected chi connectivity index (χ3v) is 3.23. The Balaban J connectivity index is 3.17. The average Bonchev–Trinajstić information content (AvgIpc) is 2.08. The zero-order valence-corrected chi connectivity index (χ0v) is 11.5. The second kappa shape index (κ2) is 4.67. The summed E-state index contributed by atoms with van der Waals surface area (Å²) in [5, 5.41) is 9.87. The molecule has 1 nitrogen and oxygen atoms in total. The molecule has 1 unspecified atom stereocenters. The molecule has 0 aliphatic carbocycles. The summed E-state index contributed by atoms with van der Waals surface area (Å²) in [6.07, 6.45) is 0. The summed E-state index contributed by atoms with van der Waals surface area (Å²) in [4.78, 5) is 0. The van der Waals surface area contributed by atoms with E-state index in [1.54, 1.807) is 6.07 Å². The van der Waals surface area contributed by atoms with Crippen molar-refractivity contribution in [1.29, 1.82) is 0 Å². The van der Waals surface area contributed by atoms with Gasteiger partial charge in [-0.1, -0.05) is 52.3 Å². The minimum atomic E-state index is 0.154. The Morgan fingerprint density at radius 2 is 1.75 bits per heavy atom. The highest BCUT2D eigenvalue weighted by atomic mass is 35.5. The highest BCUT2D eigenvalue weighted by Crippen LogP contribution is 2.42. The summed E-state index contributed by atoms with van der Waals surface area (Å²) in [6, 6.07) is 5.53. The van der Waals surface area contributed by atoms with Crippen molar-refractivity contribution in [3.8, 4) is 5.75 Å². The van der Waals surface area contributed by atoms with Crippen molar-refractivity contribution in [3.63, 3.8) is 0 Å². The number of benzene rings is 1. The third-order valence-electron chi connectivity index (χ3n) is 2.93. The van der Waals surface area contributed by atoms with Crippen LogP contribution in [0, 0.1) is 11.3 Å². The van der Waals surface area contributed by atoms with E-state index in [1.807, 2.05) is 12.1 Å². The van der Waals surface area contributed by atoms with Gasteiger partial charge in [-0.2, -0.15) is 0 Å². The second-order valence-electron chi connectivity index (χ2n) is 5.80. The van der Waals surface area contributed by atoms with Crippen molar-refractivity contribution < 1.29 is 5.11 Å².